The molecule has 0 spiro atoms. The van der Waals surface area contributed by atoms with Gasteiger partial charge < -0.3 is 5.32 Å². The summed E-state index contributed by atoms with van der Waals surface area (Å²) in [4.78, 5) is 14.3. The van der Waals surface area contributed by atoms with E-state index in [4.69, 9.17) is 11.6 Å². The maximum absolute atomic E-state index is 12.5. The van der Waals surface area contributed by atoms with Crippen molar-refractivity contribution in [3.05, 3.63) is 58.6 Å². The van der Waals surface area contributed by atoms with E-state index in [0.717, 1.165) is 17.7 Å². The lowest BCUT2D eigenvalue weighted by molar-refractivity contribution is 0.0935. The fraction of sp³-hybridized carbons (Fsp3) is 0.235. The minimum Gasteiger partial charge on any atom is -0.345 e. The number of fused-ring (bicyclic) bond motifs is 1. The van der Waals surface area contributed by atoms with Crippen LogP contribution in [0.3, 0.4) is 0 Å². The Labute approximate surface area is 147 Å². The van der Waals surface area contributed by atoms with Crippen LogP contribution in [-0.4, -0.2) is 22.1 Å². The zero-order chi connectivity index (χ0) is 16.4. The van der Waals surface area contributed by atoms with Crippen LogP contribution in [0.4, 0.5) is 0 Å². The zero-order valence-electron chi connectivity index (χ0n) is 12.5. The summed E-state index contributed by atoms with van der Waals surface area (Å²) in [6, 6.07) is 12.7. The van der Waals surface area contributed by atoms with Crippen LogP contribution >= 0.6 is 23.4 Å². The Morgan fingerprint density at radius 2 is 2.00 bits per heavy atom. The highest BCUT2D eigenvalue weighted by Crippen LogP contribution is 2.37. The predicted octanol–water partition coefficient (Wildman–Crippen LogP) is 4.04. The molecule has 2 aromatic rings. The number of hydrogen-bond donors (Lipinski definition) is 1. The van der Waals surface area contributed by atoms with Crippen LogP contribution in [0.5, 0.6) is 0 Å². The van der Waals surface area contributed by atoms with Crippen molar-refractivity contribution in [3.63, 3.8) is 0 Å². The van der Waals surface area contributed by atoms with Crippen LogP contribution in [0.25, 0.3) is 0 Å². The second kappa shape index (κ2) is 7.07. The molecule has 1 heterocycles. The molecular weight excluding hydrogens is 350 g/mol. The van der Waals surface area contributed by atoms with Crippen LogP contribution in [0.2, 0.25) is 5.02 Å². The standard InChI is InChI=1S/C17H16ClNO2S2/c1-23(21)13-5-2-11(3-6-13)17(20)19-15-8-9-22-16-7-4-12(18)10-14(15)16/h2-7,10,15H,8-9H2,1H3,(H,19,20). The summed E-state index contributed by atoms with van der Waals surface area (Å²) in [5.74, 6) is 0.842. The molecule has 2 atom stereocenters. The van der Waals surface area contributed by atoms with Gasteiger partial charge in [-0.1, -0.05) is 11.6 Å². The molecule has 0 saturated heterocycles. The predicted molar refractivity (Wildman–Crippen MR) is 95.8 cm³/mol. The molecule has 3 rings (SSSR count). The second-order valence-corrected chi connectivity index (χ2v) is 8.28. The summed E-state index contributed by atoms with van der Waals surface area (Å²) in [5.41, 5.74) is 1.65. The van der Waals surface area contributed by atoms with E-state index in [0.29, 0.717) is 15.5 Å². The molecule has 1 amide bonds. The van der Waals surface area contributed by atoms with Crippen molar-refractivity contribution < 1.29 is 9.00 Å². The summed E-state index contributed by atoms with van der Waals surface area (Å²) in [6.45, 7) is 0. The quantitative estimate of drug-likeness (QED) is 0.892. The number of hydrogen-bond acceptors (Lipinski definition) is 3. The van der Waals surface area contributed by atoms with Crippen LogP contribution in [0.1, 0.15) is 28.4 Å². The first kappa shape index (κ1) is 16.6. The van der Waals surface area contributed by atoms with E-state index in [1.165, 1.54) is 4.90 Å². The first-order valence-corrected chi connectivity index (χ1v) is 10.1. The average Bonchev–Trinajstić information content (AvgIpc) is 2.55. The summed E-state index contributed by atoms with van der Waals surface area (Å²) >= 11 is 7.88. The third-order valence-electron chi connectivity index (χ3n) is 3.77. The van der Waals surface area contributed by atoms with Crippen molar-refractivity contribution in [3.8, 4) is 0 Å². The van der Waals surface area contributed by atoms with Gasteiger partial charge in [-0.05, 0) is 54.4 Å². The van der Waals surface area contributed by atoms with Crippen LogP contribution < -0.4 is 5.32 Å². The van der Waals surface area contributed by atoms with E-state index >= 15 is 0 Å². The zero-order valence-corrected chi connectivity index (χ0v) is 14.9. The Hall–Kier alpha value is -1.30. The summed E-state index contributed by atoms with van der Waals surface area (Å²) in [6.07, 6.45) is 2.50. The number of nitrogens with one attached hydrogen (secondary N) is 1. The summed E-state index contributed by atoms with van der Waals surface area (Å²) in [7, 11) is -1.04. The Balaban J connectivity index is 1.79. The van der Waals surface area contributed by atoms with Crippen LogP contribution in [-0.2, 0) is 10.8 Å². The lowest BCUT2D eigenvalue weighted by Gasteiger charge is -2.26. The van der Waals surface area contributed by atoms with Crippen molar-refractivity contribution in [2.75, 3.05) is 12.0 Å². The van der Waals surface area contributed by atoms with Gasteiger partial charge in [0.1, 0.15) is 0 Å². The molecule has 2 aromatic carbocycles. The number of benzene rings is 2. The molecule has 1 aliphatic rings. The molecule has 23 heavy (non-hydrogen) atoms. The molecule has 0 radical (unpaired) electrons. The molecule has 0 saturated carbocycles. The Morgan fingerprint density at radius 3 is 2.70 bits per heavy atom. The van der Waals surface area contributed by atoms with E-state index in [9.17, 15) is 9.00 Å². The number of carbonyl (C=O) groups excluding carboxylic acids is 1. The van der Waals surface area contributed by atoms with Gasteiger partial charge in [-0.15, -0.1) is 11.8 Å². The van der Waals surface area contributed by atoms with Gasteiger partial charge in [0.15, 0.2) is 0 Å². The van der Waals surface area contributed by atoms with E-state index < -0.39 is 10.8 Å². The topological polar surface area (TPSA) is 46.2 Å². The van der Waals surface area contributed by atoms with Crippen molar-refractivity contribution in [1.82, 2.24) is 5.32 Å². The van der Waals surface area contributed by atoms with Gasteiger partial charge >= 0.3 is 0 Å². The highest BCUT2D eigenvalue weighted by atomic mass is 35.5. The molecule has 1 aliphatic heterocycles. The third-order valence-corrected chi connectivity index (χ3v) is 6.06. The van der Waals surface area contributed by atoms with Crippen LogP contribution in [0, 0.1) is 0 Å². The first-order chi connectivity index (χ1) is 11.0. The summed E-state index contributed by atoms with van der Waals surface area (Å²) in [5, 5.41) is 3.76. The summed E-state index contributed by atoms with van der Waals surface area (Å²) < 4.78 is 11.4. The minimum absolute atomic E-state index is 0.0302. The Bertz CT molecular complexity index is 762. The van der Waals surface area contributed by atoms with Gasteiger partial charge in [0.25, 0.3) is 5.91 Å². The van der Waals surface area contributed by atoms with Gasteiger partial charge in [0, 0.05) is 43.2 Å². The fourth-order valence-electron chi connectivity index (χ4n) is 2.55. The number of halogens is 1. The molecule has 6 heteroatoms. The number of thioether (sulfide) groups is 1. The third kappa shape index (κ3) is 3.79. The Kier molecular flexibility index (Phi) is 5.09. The van der Waals surface area contributed by atoms with E-state index in [1.807, 2.05) is 18.2 Å². The molecule has 2 unspecified atom stereocenters. The highest BCUT2D eigenvalue weighted by Gasteiger charge is 2.23. The van der Waals surface area contributed by atoms with Crippen LogP contribution in [0.15, 0.2) is 52.3 Å². The SMILES string of the molecule is CS(=O)c1ccc(C(=O)NC2CCSc3ccc(Cl)cc32)cc1. The highest BCUT2D eigenvalue weighted by molar-refractivity contribution is 7.99. The molecule has 3 nitrogen and oxygen atoms in total. The lowest BCUT2D eigenvalue weighted by atomic mass is 10.0. The van der Waals surface area contributed by atoms with E-state index in [-0.39, 0.29) is 11.9 Å². The number of carbonyl (C=O) groups is 1. The molecule has 120 valence electrons. The first-order valence-electron chi connectivity index (χ1n) is 7.21. The average molecular weight is 366 g/mol. The Morgan fingerprint density at radius 1 is 1.26 bits per heavy atom. The van der Waals surface area contributed by atoms with Gasteiger partial charge in [-0.3, -0.25) is 9.00 Å². The molecular formula is C17H16ClNO2S2. The molecule has 0 fully saturated rings. The second-order valence-electron chi connectivity index (χ2n) is 5.32. The monoisotopic (exact) mass is 365 g/mol. The molecule has 0 aliphatic carbocycles. The van der Waals surface area contributed by atoms with Gasteiger partial charge in [0.05, 0.1) is 6.04 Å². The van der Waals surface area contributed by atoms with Crippen molar-refractivity contribution in [2.24, 2.45) is 0 Å². The molecule has 0 bridgehead atoms. The number of amides is 1. The smallest absolute Gasteiger partial charge is 0.251 e. The lowest BCUT2D eigenvalue weighted by Crippen LogP contribution is -2.30. The van der Waals surface area contributed by atoms with E-state index in [1.54, 1.807) is 42.3 Å². The fourth-order valence-corrected chi connectivity index (χ4v) is 4.36. The van der Waals surface area contributed by atoms with Gasteiger partial charge in [0.2, 0.25) is 0 Å². The maximum Gasteiger partial charge on any atom is 0.251 e. The normalized spacial score (nSPS) is 18.1. The largest absolute Gasteiger partial charge is 0.345 e. The van der Waals surface area contributed by atoms with Crippen molar-refractivity contribution in [1.29, 1.82) is 0 Å². The van der Waals surface area contributed by atoms with Crippen molar-refractivity contribution in [2.45, 2.75) is 22.3 Å². The van der Waals surface area contributed by atoms with Gasteiger partial charge in [-0.2, -0.15) is 0 Å². The molecule has 1 N–H and O–H groups in total. The van der Waals surface area contributed by atoms with E-state index in [2.05, 4.69) is 5.32 Å². The minimum atomic E-state index is -1.04. The number of rotatable bonds is 3. The van der Waals surface area contributed by atoms with Crippen molar-refractivity contribution >= 4 is 40.1 Å². The molecule has 0 aromatic heterocycles. The van der Waals surface area contributed by atoms with Gasteiger partial charge in [-0.25, -0.2) is 0 Å². The maximum atomic E-state index is 12.5.